The molecule has 1 aromatic rings. The van der Waals surface area contributed by atoms with Gasteiger partial charge in [-0.25, -0.2) is 0 Å². The van der Waals surface area contributed by atoms with Gasteiger partial charge in [-0.15, -0.1) is 0 Å². The summed E-state index contributed by atoms with van der Waals surface area (Å²) in [6.45, 7) is 2.83. The van der Waals surface area contributed by atoms with Gasteiger partial charge < -0.3 is 10.2 Å². The molecule has 2 saturated heterocycles. The van der Waals surface area contributed by atoms with Crippen molar-refractivity contribution in [3.05, 3.63) is 35.9 Å². The van der Waals surface area contributed by atoms with E-state index in [2.05, 4.69) is 29.6 Å². The van der Waals surface area contributed by atoms with Gasteiger partial charge in [0.1, 0.15) is 0 Å². The Kier molecular flexibility index (Phi) is 3.33. The highest BCUT2D eigenvalue weighted by molar-refractivity contribution is 5.82. The molecule has 2 atom stereocenters. The van der Waals surface area contributed by atoms with Crippen LogP contribution in [0.3, 0.4) is 0 Å². The molecule has 0 spiro atoms. The normalized spacial score (nSPS) is 27.7. The fourth-order valence-electron chi connectivity index (χ4n) is 3.06. The Hall–Kier alpha value is -1.35. The summed E-state index contributed by atoms with van der Waals surface area (Å²) in [6, 6.07) is 10.5. The molecule has 2 aliphatic rings. The molecular formula is C15H20N2O. The van der Waals surface area contributed by atoms with Crippen LogP contribution < -0.4 is 5.32 Å². The van der Waals surface area contributed by atoms with Crippen LogP contribution in [0, 0.1) is 0 Å². The topological polar surface area (TPSA) is 32.3 Å². The summed E-state index contributed by atoms with van der Waals surface area (Å²) in [6.07, 6.45) is 3.28. The standard InChI is InChI=1S/C15H20N2O/c18-15(17-8-4-5-9-17)14-10-13(11-16-14)12-6-2-1-3-7-12/h1-3,6-7,13-14,16H,4-5,8-11H2/t13-,14-/m1/s1. The molecule has 1 N–H and O–H groups in total. The molecule has 1 amide bonds. The molecule has 0 aromatic heterocycles. The number of likely N-dealkylation sites (tertiary alicyclic amines) is 1. The third kappa shape index (κ3) is 2.27. The number of amides is 1. The molecule has 2 heterocycles. The van der Waals surface area contributed by atoms with Crippen LogP contribution in [0.5, 0.6) is 0 Å². The minimum absolute atomic E-state index is 0.0355. The number of carbonyl (C=O) groups excluding carboxylic acids is 1. The Morgan fingerprint density at radius 1 is 1.17 bits per heavy atom. The number of hydrogen-bond acceptors (Lipinski definition) is 2. The first-order chi connectivity index (χ1) is 8.84. The lowest BCUT2D eigenvalue weighted by Gasteiger charge is -2.19. The smallest absolute Gasteiger partial charge is 0.239 e. The van der Waals surface area contributed by atoms with Crippen molar-refractivity contribution >= 4 is 5.91 Å². The van der Waals surface area contributed by atoms with Crippen molar-refractivity contribution in [2.45, 2.75) is 31.2 Å². The van der Waals surface area contributed by atoms with E-state index in [-0.39, 0.29) is 6.04 Å². The zero-order chi connectivity index (χ0) is 12.4. The average molecular weight is 244 g/mol. The van der Waals surface area contributed by atoms with Gasteiger partial charge in [0.2, 0.25) is 5.91 Å². The van der Waals surface area contributed by atoms with Crippen molar-refractivity contribution in [2.75, 3.05) is 19.6 Å². The van der Waals surface area contributed by atoms with E-state index in [0.717, 1.165) is 26.1 Å². The Morgan fingerprint density at radius 3 is 2.61 bits per heavy atom. The van der Waals surface area contributed by atoms with Crippen LogP contribution in [-0.4, -0.2) is 36.5 Å². The summed E-state index contributed by atoms with van der Waals surface area (Å²) >= 11 is 0. The molecule has 1 aromatic carbocycles. The second-order valence-electron chi connectivity index (χ2n) is 5.34. The summed E-state index contributed by atoms with van der Waals surface area (Å²) in [5.41, 5.74) is 1.35. The van der Waals surface area contributed by atoms with Crippen LogP contribution in [0.15, 0.2) is 30.3 Å². The van der Waals surface area contributed by atoms with Crippen LogP contribution in [0.25, 0.3) is 0 Å². The quantitative estimate of drug-likeness (QED) is 0.859. The summed E-state index contributed by atoms with van der Waals surface area (Å²) in [5, 5.41) is 3.39. The summed E-state index contributed by atoms with van der Waals surface area (Å²) < 4.78 is 0. The number of nitrogens with zero attached hydrogens (tertiary/aromatic N) is 1. The summed E-state index contributed by atoms with van der Waals surface area (Å²) in [7, 11) is 0. The van der Waals surface area contributed by atoms with Gasteiger partial charge in [-0.1, -0.05) is 30.3 Å². The Morgan fingerprint density at radius 2 is 1.89 bits per heavy atom. The zero-order valence-corrected chi connectivity index (χ0v) is 10.6. The fourth-order valence-corrected chi connectivity index (χ4v) is 3.06. The van der Waals surface area contributed by atoms with E-state index in [0.29, 0.717) is 11.8 Å². The van der Waals surface area contributed by atoms with E-state index in [1.54, 1.807) is 0 Å². The second kappa shape index (κ2) is 5.11. The van der Waals surface area contributed by atoms with Crippen LogP contribution in [0.1, 0.15) is 30.7 Å². The lowest BCUT2D eigenvalue weighted by atomic mass is 9.96. The molecule has 0 aliphatic carbocycles. The van der Waals surface area contributed by atoms with Crippen molar-refractivity contribution in [2.24, 2.45) is 0 Å². The van der Waals surface area contributed by atoms with Crippen LogP contribution in [0.2, 0.25) is 0 Å². The summed E-state index contributed by atoms with van der Waals surface area (Å²) in [4.78, 5) is 14.3. The van der Waals surface area contributed by atoms with Crippen LogP contribution >= 0.6 is 0 Å². The van der Waals surface area contributed by atoms with Gasteiger partial charge in [0.25, 0.3) is 0 Å². The van der Waals surface area contributed by atoms with E-state index in [4.69, 9.17) is 0 Å². The molecule has 0 bridgehead atoms. The maximum atomic E-state index is 12.3. The largest absolute Gasteiger partial charge is 0.341 e. The maximum Gasteiger partial charge on any atom is 0.239 e. The van der Waals surface area contributed by atoms with Gasteiger partial charge in [0.05, 0.1) is 6.04 Å². The molecule has 3 heteroatoms. The molecule has 18 heavy (non-hydrogen) atoms. The zero-order valence-electron chi connectivity index (χ0n) is 10.6. The number of hydrogen-bond donors (Lipinski definition) is 1. The van der Waals surface area contributed by atoms with Crippen molar-refractivity contribution in [1.82, 2.24) is 10.2 Å². The first kappa shape index (κ1) is 11.7. The predicted molar refractivity (Wildman–Crippen MR) is 71.4 cm³/mol. The van der Waals surface area contributed by atoms with Crippen molar-refractivity contribution in [3.63, 3.8) is 0 Å². The van der Waals surface area contributed by atoms with Crippen molar-refractivity contribution in [3.8, 4) is 0 Å². The molecule has 2 fully saturated rings. The number of benzene rings is 1. The molecule has 0 unspecified atom stereocenters. The Bertz CT molecular complexity index is 412. The molecule has 96 valence electrons. The average Bonchev–Trinajstić information content (AvgIpc) is 3.10. The minimum Gasteiger partial charge on any atom is -0.341 e. The molecule has 0 saturated carbocycles. The van der Waals surface area contributed by atoms with E-state index in [1.807, 2.05) is 11.0 Å². The van der Waals surface area contributed by atoms with Gasteiger partial charge in [-0.05, 0) is 30.7 Å². The highest BCUT2D eigenvalue weighted by Crippen LogP contribution is 2.26. The maximum absolute atomic E-state index is 12.3. The fraction of sp³-hybridized carbons (Fsp3) is 0.533. The third-order valence-electron chi connectivity index (χ3n) is 4.12. The van der Waals surface area contributed by atoms with Gasteiger partial charge in [-0.3, -0.25) is 4.79 Å². The van der Waals surface area contributed by atoms with E-state index < -0.39 is 0 Å². The Labute approximate surface area is 108 Å². The molecule has 0 radical (unpaired) electrons. The minimum atomic E-state index is 0.0355. The molecule has 2 aliphatic heterocycles. The lowest BCUT2D eigenvalue weighted by Crippen LogP contribution is -2.42. The molecule has 3 nitrogen and oxygen atoms in total. The van der Waals surface area contributed by atoms with Gasteiger partial charge in [0.15, 0.2) is 0 Å². The second-order valence-corrected chi connectivity index (χ2v) is 5.34. The highest BCUT2D eigenvalue weighted by atomic mass is 16.2. The SMILES string of the molecule is O=C([C@H]1C[C@@H](c2ccccc2)CN1)N1CCCC1. The van der Waals surface area contributed by atoms with Gasteiger partial charge >= 0.3 is 0 Å². The van der Waals surface area contributed by atoms with Gasteiger partial charge in [0, 0.05) is 19.6 Å². The van der Waals surface area contributed by atoms with E-state index in [9.17, 15) is 4.79 Å². The predicted octanol–water partition coefficient (Wildman–Crippen LogP) is 1.75. The van der Waals surface area contributed by atoms with E-state index in [1.165, 1.54) is 18.4 Å². The lowest BCUT2D eigenvalue weighted by molar-refractivity contribution is -0.132. The van der Waals surface area contributed by atoms with Gasteiger partial charge in [-0.2, -0.15) is 0 Å². The molecular weight excluding hydrogens is 224 g/mol. The Balaban J connectivity index is 1.63. The molecule has 3 rings (SSSR count). The first-order valence-corrected chi connectivity index (χ1v) is 6.92. The highest BCUT2D eigenvalue weighted by Gasteiger charge is 2.33. The van der Waals surface area contributed by atoms with Crippen molar-refractivity contribution < 1.29 is 4.79 Å². The summed E-state index contributed by atoms with van der Waals surface area (Å²) in [5.74, 6) is 0.800. The van der Waals surface area contributed by atoms with Crippen LogP contribution in [0.4, 0.5) is 0 Å². The van der Waals surface area contributed by atoms with Crippen LogP contribution in [-0.2, 0) is 4.79 Å². The number of nitrogens with one attached hydrogen (secondary N) is 1. The van der Waals surface area contributed by atoms with E-state index >= 15 is 0 Å². The third-order valence-corrected chi connectivity index (χ3v) is 4.12. The number of rotatable bonds is 2. The monoisotopic (exact) mass is 244 g/mol. The number of carbonyl (C=O) groups is 1. The first-order valence-electron chi connectivity index (χ1n) is 6.92. The van der Waals surface area contributed by atoms with Crippen molar-refractivity contribution in [1.29, 1.82) is 0 Å².